The molecular weight excluding hydrogens is 204 g/mol. The Bertz CT molecular complexity index is 213. The quantitative estimate of drug-likeness (QED) is 0.714. The molecule has 4 nitrogen and oxygen atoms in total. The molecule has 0 aromatic carbocycles. The van der Waals surface area contributed by atoms with Gasteiger partial charge in [-0.05, 0) is 25.2 Å². The van der Waals surface area contributed by atoms with Crippen molar-refractivity contribution in [2.45, 2.75) is 51.7 Å². The minimum atomic E-state index is -0.0391. The molecule has 0 aromatic rings. The number of hydrogen-bond acceptors (Lipinski definition) is 3. The van der Waals surface area contributed by atoms with E-state index in [1.807, 2.05) is 13.8 Å². The summed E-state index contributed by atoms with van der Waals surface area (Å²) in [6.45, 7) is 5.64. The predicted octanol–water partition coefficient (Wildman–Crippen LogP) is 1.05. The van der Waals surface area contributed by atoms with Crippen molar-refractivity contribution in [1.82, 2.24) is 5.32 Å². The molecule has 0 aliphatic carbocycles. The van der Waals surface area contributed by atoms with Gasteiger partial charge < -0.3 is 15.8 Å². The van der Waals surface area contributed by atoms with Gasteiger partial charge in [-0.25, -0.2) is 0 Å². The highest BCUT2D eigenvalue weighted by Gasteiger charge is 2.16. The Labute approximate surface area is 97.9 Å². The molecule has 0 spiro atoms. The normalized spacial score (nSPS) is 22.4. The van der Waals surface area contributed by atoms with Gasteiger partial charge in [0.1, 0.15) is 0 Å². The molecule has 1 heterocycles. The summed E-state index contributed by atoms with van der Waals surface area (Å²) in [6, 6.07) is -0.0391. The van der Waals surface area contributed by atoms with Crippen LogP contribution in [0.3, 0.4) is 0 Å². The van der Waals surface area contributed by atoms with Gasteiger partial charge >= 0.3 is 0 Å². The Morgan fingerprint density at radius 3 is 2.88 bits per heavy atom. The average molecular weight is 228 g/mol. The lowest BCUT2D eigenvalue weighted by Crippen LogP contribution is -2.35. The predicted molar refractivity (Wildman–Crippen MR) is 64.0 cm³/mol. The second-order valence-corrected chi connectivity index (χ2v) is 4.89. The third kappa shape index (κ3) is 4.94. The van der Waals surface area contributed by atoms with Crippen molar-refractivity contribution in [3.63, 3.8) is 0 Å². The molecule has 94 valence electrons. The molecule has 0 radical (unpaired) electrons. The first kappa shape index (κ1) is 13.5. The Hall–Kier alpha value is -0.610. The molecule has 0 bridgehead atoms. The van der Waals surface area contributed by atoms with Crippen LogP contribution in [-0.2, 0) is 9.53 Å². The lowest BCUT2D eigenvalue weighted by atomic mass is 10.0. The van der Waals surface area contributed by atoms with Crippen molar-refractivity contribution in [2.24, 2.45) is 11.7 Å². The molecular formula is C12H24N2O2. The van der Waals surface area contributed by atoms with E-state index in [0.29, 0.717) is 25.0 Å². The zero-order valence-corrected chi connectivity index (χ0v) is 10.4. The first-order valence-electron chi connectivity index (χ1n) is 6.23. The van der Waals surface area contributed by atoms with Gasteiger partial charge in [-0.15, -0.1) is 0 Å². The number of nitrogens with one attached hydrogen (secondary N) is 1. The number of rotatable bonds is 6. The molecule has 1 aliphatic rings. The van der Waals surface area contributed by atoms with Crippen molar-refractivity contribution >= 4 is 5.91 Å². The van der Waals surface area contributed by atoms with Gasteiger partial charge in [-0.2, -0.15) is 0 Å². The van der Waals surface area contributed by atoms with Crippen molar-refractivity contribution in [1.29, 1.82) is 0 Å². The summed E-state index contributed by atoms with van der Waals surface area (Å²) in [5.74, 6) is 0.406. The van der Waals surface area contributed by atoms with Crippen LogP contribution in [0.5, 0.6) is 0 Å². The largest absolute Gasteiger partial charge is 0.378 e. The Morgan fingerprint density at radius 1 is 1.56 bits per heavy atom. The molecule has 0 saturated carbocycles. The van der Waals surface area contributed by atoms with Gasteiger partial charge in [0.15, 0.2) is 0 Å². The van der Waals surface area contributed by atoms with Crippen LogP contribution in [0.4, 0.5) is 0 Å². The molecule has 2 atom stereocenters. The molecule has 4 heteroatoms. The van der Waals surface area contributed by atoms with E-state index in [1.54, 1.807) is 0 Å². The van der Waals surface area contributed by atoms with Crippen LogP contribution >= 0.6 is 0 Å². The maximum atomic E-state index is 11.5. The maximum absolute atomic E-state index is 11.5. The molecule has 3 N–H and O–H groups in total. The number of hydrogen-bond donors (Lipinski definition) is 2. The number of carbonyl (C=O) groups is 1. The lowest BCUT2D eigenvalue weighted by molar-refractivity contribution is -0.121. The van der Waals surface area contributed by atoms with Crippen LogP contribution in [0.25, 0.3) is 0 Å². The van der Waals surface area contributed by atoms with Crippen molar-refractivity contribution in [3.05, 3.63) is 0 Å². The van der Waals surface area contributed by atoms with Crippen molar-refractivity contribution in [2.75, 3.05) is 13.2 Å². The van der Waals surface area contributed by atoms with Crippen LogP contribution < -0.4 is 11.1 Å². The third-order valence-corrected chi connectivity index (χ3v) is 3.09. The van der Waals surface area contributed by atoms with Gasteiger partial charge in [0.05, 0.1) is 6.10 Å². The SMILES string of the molecule is CC(C)C(N)CC(=O)NCCC1CCCO1. The zero-order chi connectivity index (χ0) is 12.0. The van der Waals surface area contributed by atoms with Crippen LogP contribution in [0.15, 0.2) is 0 Å². The van der Waals surface area contributed by atoms with Gasteiger partial charge in [0.2, 0.25) is 5.91 Å². The third-order valence-electron chi connectivity index (χ3n) is 3.09. The maximum Gasteiger partial charge on any atom is 0.221 e. The molecule has 16 heavy (non-hydrogen) atoms. The second kappa shape index (κ2) is 6.86. The van der Waals surface area contributed by atoms with Crippen LogP contribution in [-0.4, -0.2) is 31.2 Å². The summed E-state index contributed by atoms with van der Waals surface area (Å²) in [6.07, 6.45) is 3.96. The van der Waals surface area contributed by atoms with Gasteiger partial charge in [-0.3, -0.25) is 4.79 Å². The minimum absolute atomic E-state index is 0.0391. The Kier molecular flexibility index (Phi) is 5.77. The topological polar surface area (TPSA) is 64.4 Å². The Balaban J connectivity index is 2.05. The van der Waals surface area contributed by atoms with E-state index in [4.69, 9.17) is 10.5 Å². The number of amides is 1. The van der Waals surface area contributed by atoms with E-state index >= 15 is 0 Å². The lowest BCUT2D eigenvalue weighted by Gasteiger charge is -2.15. The fraction of sp³-hybridized carbons (Fsp3) is 0.917. The standard InChI is InChI=1S/C12H24N2O2/c1-9(2)11(13)8-12(15)14-6-5-10-4-3-7-16-10/h9-11H,3-8,13H2,1-2H3,(H,14,15). The van der Waals surface area contributed by atoms with Crippen LogP contribution in [0, 0.1) is 5.92 Å². The van der Waals surface area contributed by atoms with Crippen LogP contribution in [0.1, 0.15) is 39.5 Å². The van der Waals surface area contributed by atoms with Crippen LogP contribution in [0.2, 0.25) is 0 Å². The van der Waals surface area contributed by atoms with E-state index in [0.717, 1.165) is 25.9 Å². The van der Waals surface area contributed by atoms with Crippen molar-refractivity contribution < 1.29 is 9.53 Å². The average Bonchev–Trinajstić information content (AvgIpc) is 2.70. The second-order valence-electron chi connectivity index (χ2n) is 4.89. The van der Waals surface area contributed by atoms with E-state index in [-0.39, 0.29) is 11.9 Å². The smallest absolute Gasteiger partial charge is 0.221 e. The van der Waals surface area contributed by atoms with E-state index < -0.39 is 0 Å². The summed E-state index contributed by atoms with van der Waals surface area (Å²) in [5.41, 5.74) is 5.83. The molecule has 1 amide bonds. The van der Waals surface area contributed by atoms with E-state index in [1.165, 1.54) is 0 Å². The highest BCUT2D eigenvalue weighted by atomic mass is 16.5. The van der Waals surface area contributed by atoms with Gasteiger partial charge in [0, 0.05) is 25.6 Å². The summed E-state index contributed by atoms with van der Waals surface area (Å²) in [5, 5.41) is 2.90. The molecule has 1 saturated heterocycles. The van der Waals surface area contributed by atoms with E-state index in [9.17, 15) is 4.79 Å². The summed E-state index contributed by atoms with van der Waals surface area (Å²) >= 11 is 0. The molecule has 1 aliphatic heterocycles. The minimum Gasteiger partial charge on any atom is -0.378 e. The molecule has 1 fully saturated rings. The first-order valence-corrected chi connectivity index (χ1v) is 6.23. The fourth-order valence-corrected chi connectivity index (χ4v) is 1.77. The highest BCUT2D eigenvalue weighted by Crippen LogP contribution is 2.14. The highest BCUT2D eigenvalue weighted by molar-refractivity contribution is 5.76. The Morgan fingerprint density at radius 2 is 2.31 bits per heavy atom. The summed E-state index contributed by atoms with van der Waals surface area (Å²) < 4.78 is 5.48. The molecule has 2 unspecified atom stereocenters. The fourth-order valence-electron chi connectivity index (χ4n) is 1.77. The number of nitrogens with two attached hydrogens (primary N) is 1. The summed E-state index contributed by atoms with van der Waals surface area (Å²) in [4.78, 5) is 11.5. The number of carbonyl (C=O) groups excluding carboxylic acids is 1. The monoisotopic (exact) mass is 228 g/mol. The zero-order valence-electron chi connectivity index (χ0n) is 10.4. The first-order chi connectivity index (χ1) is 7.59. The van der Waals surface area contributed by atoms with Crippen molar-refractivity contribution in [3.8, 4) is 0 Å². The number of ether oxygens (including phenoxy) is 1. The van der Waals surface area contributed by atoms with Gasteiger partial charge in [0.25, 0.3) is 0 Å². The van der Waals surface area contributed by atoms with E-state index in [2.05, 4.69) is 5.32 Å². The molecule has 1 rings (SSSR count). The summed E-state index contributed by atoms with van der Waals surface area (Å²) in [7, 11) is 0. The van der Waals surface area contributed by atoms with Gasteiger partial charge in [-0.1, -0.05) is 13.8 Å². The molecule has 0 aromatic heterocycles.